The van der Waals surface area contributed by atoms with Crippen LogP contribution in [0.15, 0.2) is 36.4 Å². The van der Waals surface area contributed by atoms with E-state index in [0.717, 1.165) is 16.8 Å². The van der Waals surface area contributed by atoms with Gasteiger partial charge in [-0.05, 0) is 62.2 Å². The van der Waals surface area contributed by atoms with E-state index in [2.05, 4.69) is 15.5 Å². The van der Waals surface area contributed by atoms with E-state index in [-0.39, 0.29) is 17.8 Å². The number of nitrogens with one attached hydrogen (secondary N) is 2. The van der Waals surface area contributed by atoms with Crippen LogP contribution in [0, 0.1) is 19.7 Å². The van der Waals surface area contributed by atoms with Crippen LogP contribution in [-0.2, 0) is 6.42 Å². The molecule has 0 aliphatic carbocycles. The first-order valence-electron chi connectivity index (χ1n) is 9.73. The van der Waals surface area contributed by atoms with Crippen molar-refractivity contribution in [1.29, 1.82) is 0 Å². The van der Waals surface area contributed by atoms with Crippen molar-refractivity contribution >= 4 is 11.7 Å². The summed E-state index contributed by atoms with van der Waals surface area (Å²) < 4.78 is 20.7. The number of aromatic nitrogens is 2. The average molecular weight is 407 g/mol. The van der Waals surface area contributed by atoms with Gasteiger partial charge in [0.05, 0.1) is 6.54 Å². The SMILES string of the molecule is CC(=O)c1ccc(F)c(-c2cc(C)cc3c2O[C@H](CNC(=O)c2cc(C)[nH]n2)C3)c1. The second-order valence-electron chi connectivity index (χ2n) is 7.64. The first-order valence-corrected chi connectivity index (χ1v) is 9.73. The number of carbonyl (C=O) groups is 2. The molecular weight excluding hydrogens is 385 g/mol. The van der Waals surface area contributed by atoms with E-state index in [1.807, 2.05) is 26.0 Å². The molecule has 30 heavy (non-hydrogen) atoms. The molecule has 1 aliphatic heterocycles. The van der Waals surface area contributed by atoms with Crippen LogP contribution in [0.4, 0.5) is 4.39 Å². The van der Waals surface area contributed by atoms with Gasteiger partial charge in [0.2, 0.25) is 0 Å². The number of aromatic amines is 1. The number of aryl methyl sites for hydroxylation is 2. The first kappa shape index (κ1) is 19.8. The average Bonchev–Trinajstić information content (AvgIpc) is 3.31. The fraction of sp³-hybridized carbons (Fsp3) is 0.261. The third-order valence-corrected chi connectivity index (χ3v) is 5.13. The number of fused-ring (bicyclic) bond motifs is 1. The van der Waals surface area contributed by atoms with Gasteiger partial charge in [0.15, 0.2) is 5.78 Å². The minimum absolute atomic E-state index is 0.129. The molecule has 1 aliphatic rings. The van der Waals surface area contributed by atoms with E-state index >= 15 is 0 Å². The number of hydrogen-bond donors (Lipinski definition) is 2. The van der Waals surface area contributed by atoms with Crippen LogP contribution in [0.25, 0.3) is 11.1 Å². The van der Waals surface area contributed by atoms with Crippen molar-refractivity contribution in [3.8, 4) is 16.9 Å². The molecule has 2 N–H and O–H groups in total. The number of hydrogen-bond acceptors (Lipinski definition) is 4. The molecule has 7 heteroatoms. The second-order valence-corrected chi connectivity index (χ2v) is 7.64. The lowest BCUT2D eigenvalue weighted by Crippen LogP contribution is -2.34. The predicted octanol–water partition coefficient (Wildman–Crippen LogP) is 3.77. The maximum absolute atomic E-state index is 14.6. The molecule has 1 aromatic heterocycles. The highest BCUT2D eigenvalue weighted by Crippen LogP contribution is 2.41. The lowest BCUT2D eigenvalue weighted by molar-refractivity contribution is 0.0928. The highest BCUT2D eigenvalue weighted by molar-refractivity contribution is 5.95. The van der Waals surface area contributed by atoms with Gasteiger partial charge in [-0.2, -0.15) is 5.10 Å². The minimum Gasteiger partial charge on any atom is -0.487 e. The first-order chi connectivity index (χ1) is 14.3. The number of ether oxygens (including phenoxy) is 1. The van der Waals surface area contributed by atoms with Crippen LogP contribution >= 0.6 is 0 Å². The minimum atomic E-state index is -0.415. The summed E-state index contributed by atoms with van der Waals surface area (Å²) in [6.07, 6.45) is 0.321. The molecule has 0 bridgehead atoms. The largest absolute Gasteiger partial charge is 0.487 e. The fourth-order valence-corrected chi connectivity index (χ4v) is 3.69. The Morgan fingerprint density at radius 1 is 1.20 bits per heavy atom. The van der Waals surface area contributed by atoms with Crippen molar-refractivity contribution in [3.63, 3.8) is 0 Å². The Morgan fingerprint density at radius 3 is 2.70 bits per heavy atom. The Bertz CT molecular complexity index is 1150. The Balaban J connectivity index is 1.57. The molecular formula is C23H22FN3O3. The van der Waals surface area contributed by atoms with Gasteiger partial charge < -0.3 is 10.1 Å². The molecule has 0 fully saturated rings. The van der Waals surface area contributed by atoms with Crippen molar-refractivity contribution in [2.75, 3.05) is 6.54 Å². The van der Waals surface area contributed by atoms with Crippen LogP contribution in [0.2, 0.25) is 0 Å². The maximum Gasteiger partial charge on any atom is 0.271 e. The van der Waals surface area contributed by atoms with Crippen LogP contribution < -0.4 is 10.1 Å². The number of rotatable bonds is 5. The number of nitrogens with zero attached hydrogens (tertiary/aromatic N) is 1. The van der Waals surface area contributed by atoms with E-state index in [1.54, 1.807) is 12.1 Å². The molecule has 154 valence electrons. The van der Waals surface area contributed by atoms with E-state index in [1.165, 1.54) is 19.1 Å². The van der Waals surface area contributed by atoms with Gasteiger partial charge in [-0.25, -0.2) is 4.39 Å². The van der Waals surface area contributed by atoms with Crippen LogP contribution in [0.3, 0.4) is 0 Å². The third-order valence-electron chi connectivity index (χ3n) is 5.13. The zero-order valence-corrected chi connectivity index (χ0v) is 17.0. The number of Topliss-reactive ketones (excluding diaryl/α,β-unsaturated/α-hetero) is 1. The van der Waals surface area contributed by atoms with E-state index in [9.17, 15) is 14.0 Å². The van der Waals surface area contributed by atoms with E-state index in [4.69, 9.17) is 4.74 Å². The van der Waals surface area contributed by atoms with Gasteiger partial charge in [-0.3, -0.25) is 14.7 Å². The summed E-state index contributed by atoms with van der Waals surface area (Å²) in [6, 6.07) is 9.88. The molecule has 1 amide bonds. The third kappa shape index (κ3) is 3.83. The highest BCUT2D eigenvalue weighted by Gasteiger charge is 2.28. The molecule has 3 aromatic rings. The summed E-state index contributed by atoms with van der Waals surface area (Å²) in [4.78, 5) is 24.0. The molecule has 0 radical (unpaired) electrons. The number of halogens is 1. The highest BCUT2D eigenvalue weighted by atomic mass is 19.1. The van der Waals surface area contributed by atoms with E-state index < -0.39 is 5.82 Å². The normalized spacial score (nSPS) is 14.9. The van der Waals surface area contributed by atoms with E-state index in [0.29, 0.717) is 41.1 Å². The number of ketones is 1. The van der Waals surface area contributed by atoms with Crippen molar-refractivity contribution in [2.24, 2.45) is 0 Å². The number of H-pyrrole nitrogens is 1. The van der Waals surface area contributed by atoms with Crippen LogP contribution in [0.1, 0.15) is 44.6 Å². The molecule has 0 saturated carbocycles. The van der Waals surface area contributed by atoms with Gasteiger partial charge in [-0.15, -0.1) is 0 Å². The Hall–Kier alpha value is -3.48. The smallest absolute Gasteiger partial charge is 0.271 e. The monoisotopic (exact) mass is 407 g/mol. The van der Waals surface area contributed by atoms with Crippen LogP contribution in [0.5, 0.6) is 5.75 Å². The summed E-state index contributed by atoms with van der Waals surface area (Å²) in [5, 5.41) is 9.52. The van der Waals surface area contributed by atoms with Gasteiger partial charge in [0, 0.05) is 28.8 Å². The predicted molar refractivity (Wildman–Crippen MR) is 110 cm³/mol. The summed E-state index contributed by atoms with van der Waals surface area (Å²) in [7, 11) is 0. The lowest BCUT2D eigenvalue weighted by atomic mass is 9.95. The lowest BCUT2D eigenvalue weighted by Gasteiger charge is -2.14. The van der Waals surface area contributed by atoms with Gasteiger partial charge in [0.25, 0.3) is 5.91 Å². The zero-order chi connectivity index (χ0) is 21.4. The summed E-state index contributed by atoms with van der Waals surface area (Å²) in [6.45, 7) is 5.51. The molecule has 4 rings (SSSR count). The molecule has 1 atom stereocenters. The van der Waals surface area contributed by atoms with Crippen LogP contribution in [-0.4, -0.2) is 34.5 Å². The fourth-order valence-electron chi connectivity index (χ4n) is 3.69. The van der Waals surface area contributed by atoms with Gasteiger partial charge in [-0.1, -0.05) is 6.07 Å². The topological polar surface area (TPSA) is 84.1 Å². The zero-order valence-electron chi connectivity index (χ0n) is 17.0. The molecule has 0 spiro atoms. The molecule has 0 saturated heterocycles. The van der Waals surface area contributed by atoms with Crippen molar-refractivity contribution < 1.29 is 18.7 Å². The van der Waals surface area contributed by atoms with Gasteiger partial charge in [0.1, 0.15) is 23.4 Å². The summed E-state index contributed by atoms with van der Waals surface area (Å²) in [5.41, 5.74) is 4.44. The number of carbonyl (C=O) groups excluding carboxylic acids is 2. The number of amides is 1. The molecule has 6 nitrogen and oxygen atoms in total. The van der Waals surface area contributed by atoms with Crippen molar-refractivity contribution in [2.45, 2.75) is 33.3 Å². The number of benzene rings is 2. The standard InChI is InChI=1S/C23H22FN3O3/c1-12-6-16-9-17(11-25-23(29)21-8-13(2)26-27-21)30-22(16)19(7-12)18-10-15(14(3)28)4-5-20(18)24/h4-8,10,17H,9,11H2,1-3H3,(H,25,29)(H,26,27)/t17-/m0/s1. The van der Waals surface area contributed by atoms with Crippen molar-refractivity contribution in [3.05, 3.63) is 70.3 Å². The molecule has 2 aromatic carbocycles. The molecule has 2 heterocycles. The van der Waals surface area contributed by atoms with Crippen molar-refractivity contribution in [1.82, 2.24) is 15.5 Å². The van der Waals surface area contributed by atoms with Gasteiger partial charge >= 0.3 is 0 Å². The Kier molecular flexibility index (Phi) is 5.11. The second kappa shape index (κ2) is 7.74. The molecule has 0 unspecified atom stereocenters. The Labute approximate surface area is 173 Å². The quantitative estimate of drug-likeness (QED) is 0.631. The maximum atomic E-state index is 14.6. The summed E-state index contributed by atoms with van der Waals surface area (Å²) >= 11 is 0. The Morgan fingerprint density at radius 2 is 2.00 bits per heavy atom. The summed E-state index contributed by atoms with van der Waals surface area (Å²) in [5.74, 6) is -0.233.